The molecule has 0 fully saturated rings. The highest BCUT2D eigenvalue weighted by molar-refractivity contribution is 5.98. The van der Waals surface area contributed by atoms with Crippen molar-refractivity contribution in [2.45, 2.75) is 0 Å². The minimum absolute atomic E-state index is 0.404. The maximum Gasteiger partial charge on any atom is 0.128 e. The molecular weight excluding hydrogens is 150 g/mol. The molecule has 0 bridgehead atoms. The van der Waals surface area contributed by atoms with Crippen LogP contribution in [0.1, 0.15) is 5.56 Å². The predicted molar refractivity (Wildman–Crippen MR) is 51.1 cm³/mol. The van der Waals surface area contributed by atoms with Gasteiger partial charge in [0.05, 0.1) is 6.67 Å². The van der Waals surface area contributed by atoms with Gasteiger partial charge in [-0.15, -0.1) is 0 Å². The smallest absolute Gasteiger partial charge is 0.128 e. The second-order valence-electron chi connectivity index (χ2n) is 2.32. The van der Waals surface area contributed by atoms with Crippen LogP contribution in [0.25, 0.3) is 0 Å². The molecule has 0 aliphatic rings. The van der Waals surface area contributed by atoms with Crippen molar-refractivity contribution in [1.29, 1.82) is 0 Å². The maximum absolute atomic E-state index is 5.35. The Labute approximate surface area is 72.3 Å². The van der Waals surface area contributed by atoms with E-state index >= 15 is 0 Å². The number of aliphatic imine (C=N–C) groups is 1. The summed E-state index contributed by atoms with van der Waals surface area (Å²) >= 11 is 0. The summed E-state index contributed by atoms with van der Waals surface area (Å²) in [5.41, 5.74) is 6.41. The Kier molecular flexibility index (Phi) is 3.29. The molecule has 0 amide bonds. The van der Waals surface area contributed by atoms with Crippen molar-refractivity contribution >= 4 is 5.84 Å². The third-order valence-corrected chi connectivity index (χ3v) is 1.54. The van der Waals surface area contributed by atoms with Crippen molar-refractivity contribution in [2.75, 3.05) is 13.7 Å². The molecule has 0 aromatic heterocycles. The summed E-state index contributed by atoms with van der Waals surface area (Å²) in [7, 11) is 1.74. The lowest BCUT2D eigenvalue weighted by molar-refractivity contribution is 0.923. The summed E-state index contributed by atoms with van der Waals surface area (Å²) in [4.78, 5) is 4.07. The fraction of sp³-hybridized carbons (Fsp3) is 0.222. The van der Waals surface area contributed by atoms with Gasteiger partial charge in [0.25, 0.3) is 0 Å². The van der Waals surface area contributed by atoms with Crippen molar-refractivity contribution in [3.05, 3.63) is 35.9 Å². The molecule has 64 valence electrons. The van der Waals surface area contributed by atoms with Gasteiger partial charge in [-0.1, -0.05) is 30.3 Å². The van der Waals surface area contributed by atoms with Gasteiger partial charge in [-0.3, -0.25) is 4.99 Å². The van der Waals surface area contributed by atoms with Crippen LogP contribution in [-0.4, -0.2) is 19.6 Å². The second kappa shape index (κ2) is 4.51. The number of amidine groups is 1. The average Bonchev–Trinajstić information content (AvgIpc) is 2.15. The third kappa shape index (κ3) is 2.07. The summed E-state index contributed by atoms with van der Waals surface area (Å²) in [6.07, 6.45) is 0. The summed E-state index contributed by atoms with van der Waals surface area (Å²) in [6, 6.07) is 9.90. The van der Waals surface area contributed by atoms with Gasteiger partial charge in [-0.2, -0.15) is 0 Å². The quantitative estimate of drug-likeness (QED) is 0.380. The first kappa shape index (κ1) is 8.74. The van der Waals surface area contributed by atoms with Gasteiger partial charge in [0.15, 0.2) is 0 Å². The molecule has 3 nitrogen and oxygen atoms in total. The monoisotopic (exact) mass is 163 g/mol. The molecule has 0 atom stereocenters. The van der Waals surface area contributed by atoms with Crippen LogP contribution in [0.4, 0.5) is 0 Å². The summed E-state index contributed by atoms with van der Waals surface area (Å²) < 4.78 is 0. The van der Waals surface area contributed by atoms with E-state index < -0.39 is 0 Å². The van der Waals surface area contributed by atoms with Crippen molar-refractivity contribution in [3.8, 4) is 0 Å². The normalized spacial score (nSPS) is 11.3. The Morgan fingerprint density at radius 2 is 2.08 bits per heavy atom. The SMILES string of the molecule is CN=C(NCN)c1ccccc1. The van der Waals surface area contributed by atoms with Gasteiger partial charge in [-0.05, 0) is 0 Å². The minimum Gasteiger partial charge on any atom is -0.358 e. The van der Waals surface area contributed by atoms with E-state index in [2.05, 4.69) is 10.3 Å². The lowest BCUT2D eigenvalue weighted by atomic mass is 10.2. The number of hydrogen-bond acceptors (Lipinski definition) is 2. The number of benzene rings is 1. The van der Waals surface area contributed by atoms with Crippen molar-refractivity contribution in [2.24, 2.45) is 10.7 Å². The highest BCUT2D eigenvalue weighted by atomic mass is 15.0. The zero-order chi connectivity index (χ0) is 8.81. The molecule has 0 aliphatic carbocycles. The Hall–Kier alpha value is -1.35. The molecular formula is C9H13N3. The number of nitrogens with zero attached hydrogens (tertiary/aromatic N) is 1. The van der Waals surface area contributed by atoms with E-state index in [0.29, 0.717) is 6.67 Å². The van der Waals surface area contributed by atoms with E-state index in [1.165, 1.54) is 0 Å². The predicted octanol–water partition coefficient (Wildman–Crippen LogP) is 0.569. The van der Waals surface area contributed by atoms with E-state index in [1.807, 2.05) is 30.3 Å². The van der Waals surface area contributed by atoms with E-state index in [1.54, 1.807) is 7.05 Å². The highest BCUT2D eigenvalue weighted by Crippen LogP contribution is 1.98. The average molecular weight is 163 g/mol. The van der Waals surface area contributed by atoms with Crippen LogP contribution in [0.15, 0.2) is 35.3 Å². The fourth-order valence-corrected chi connectivity index (χ4v) is 1.00. The lowest BCUT2D eigenvalue weighted by Crippen LogP contribution is -2.30. The Balaban J connectivity index is 2.82. The molecule has 1 aromatic rings. The number of rotatable bonds is 2. The molecule has 1 rings (SSSR count). The molecule has 0 aliphatic heterocycles. The molecule has 0 unspecified atom stereocenters. The first-order valence-corrected chi connectivity index (χ1v) is 3.84. The summed E-state index contributed by atoms with van der Waals surface area (Å²) in [6.45, 7) is 0.404. The van der Waals surface area contributed by atoms with Crippen LogP contribution >= 0.6 is 0 Å². The first-order valence-electron chi connectivity index (χ1n) is 3.84. The van der Waals surface area contributed by atoms with E-state index in [-0.39, 0.29) is 0 Å². The van der Waals surface area contributed by atoms with Crippen LogP contribution in [0, 0.1) is 0 Å². The van der Waals surface area contributed by atoms with Crippen molar-refractivity contribution in [3.63, 3.8) is 0 Å². The minimum atomic E-state index is 0.404. The molecule has 0 spiro atoms. The van der Waals surface area contributed by atoms with Crippen LogP contribution in [-0.2, 0) is 0 Å². The van der Waals surface area contributed by atoms with Gasteiger partial charge in [-0.25, -0.2) is 0 Å². The molecule has 0 radical (unpaired) electrons. The molecule has 3 N–H and O–H groups in total. The van der Waals surface area contributed by atoms with Gasteiger partial charge in [0.2, 0.25) is 0 Å². The Bertz CT molecular complexity index is 254. The maximum atomic E-state index is 5.35. The van der Waals surface area contributed by atoms with Gasteiger partial charge >= 0.3 is 0 Å². The van der Waals surface area contributed by atoms with Crippen molar-refractivity contribution in [1.82, 2.24) is 5.32 Å². The number of nitrogens with two attached hydrogens (primary N) is 1. The molecule has 0 heterocycles. The van der Waals surface area contributed by atoms with Crippen molar-refractivity contribution < 1.29 is 0 Å². The van der Waals surface area contributed by atoms with Gasteiger partial charge in [0.1, 0.15) is 5.84 Å². The molecule has 3 heteroatoms. The fourth-order valence-electron chi connectivity index (χ4n) is 1.00. The number of hydrogen-bond donors (Lipinski definition) is 2. The highest BCUT2D eigenvalue weighted by Gasteiger charge is 1.97. The Morgan fingerprint density at radius 3 is 2.58 bits per heavy atom. The Morgan fingerprint density at radius 1 is 1.42 bits per heavy atom. The zero-order valence-corrected chi connectivity index (χ0v) is 7.12. The number of nitrogens with one attached hydrogen (secondary N) is 1. The second-order valence-corrected chi connectivity index (χ2v) is 2.32. The zero-order valence-electron chi connectivity index (χ0n) is 7.12. The third-order valence-electron chi connectivity index (χ3n) is 1.54. The molecule has 0 saturated carbocycles. The van der Waals surface area contributed by atoms with Crippen LogP contribution in [0.3, 0.4) is 0 Å². The van der Waals surface area contributed by atoms with Crippen LogP contribution < -0.4 is 11.1 Å². The topological polar surface area (TPSA) is 50.4 Å². The standard InChI is InChI=1S/C9H13N3/c1-11-9(12-7-10)8-5-3-2-4-6-8/h2-6H,7,10H2,1H3,(H,11,12). The van der Waals surface area contributed by atoms with E-state index in [9.17, 15) is 0 Å². The summed E-state index contributed by atoms with van der Waals surface area (Å²) in [5, 5.41) is 2.98. The van der Waals surface area contributed by atoms with Crippen LogP contribution in [0.2, 0.25) is 0 Å². The van der Waals surface area contributed by atoms with E-state index in [4.69, 9.17) is 5.73 Å². The first-order chi connectivity index (χ1) is 5.88. The van der Waals surface area contributed by atoms with Gasteiger partial charge < -0.3 is 11.1 Å². The largest absolute Gasteiger partial charge is 0.358 e. The molecule has 1 aromatic carbocycles. The molecule has 0 saturated heterocycles. The van der Waals surface area contributed by atoms with E-state index in [0.717, 1.165) is 11.4 Å². The lowest BCUT2D eigenvalue weighted by Gasteiger charge is -2.05. The van der Waals surface area contributed by atoms with Gasteiger partial charge in [0, 0.05) is 12.6 Å². The molecule has 12 heavy (non-hydrogen) atoms. The summed E-state index contributed by atoms with van der Waals surface area (Å²) in [5.74, 6) is 0.832. The van der Waals surface area contributed by atoms with Crippen LogP contribution in [0.5, 0.6) is 0 Å².